The van der Waals surface area contributed by atoms with Crippen LogP contribution in [0.25, 0.3) is 0 Å². The molecule has 3 heteroatoms. The van der Waals surface area contributed by atoms with Gasteiger partial charge in [0, 0.05) is 6.04 Å². The number of hydrogen-bond donors (Lipinski definition) is 1. The van der Waals surface area contributed by atoms with Gasteiger partial charge in [0.05, 0.1) is 11.8 Å². The van der Waals surface area contributed by atoms with Gasteiger partial charge in [0.1, 0.15) is 0 Å². The number of nitrogens with zero attached hydrogens (tertiary/aromatic N) is 1. The van der Waals surface area contributed by atoms with Crippen molar-refractivity contribution in [2.24, 2.45) is 11.8 Å². The number of hydrogen-bond acceptors (Lipinski definition) is 3. The predicted octanol–water partition coefficient (Wildman–Crippen LogP) is 3.05. The van der Waals surface area contributed by atoms with E-state index in [-0.39, 0.29) is 0 Å². The lowest BCUT2D eigenvalue weighted by molar-refractivity contribution is 0.207. The van der Waals surface area contributed by atoms with E-state index in [1.54, 1.807) is 11.8 Å². The summed E-state index contributed by atoms with van der Waals surface area (Å²) in [4.78, 5) is 0. The highest BCUT2D eigenvalue weighted by Gasteiger charge is 2.25. The quantitative estimate of drug-likeness (QED) is 0.725. The SMILES string of the molecule is C[C@H]1[C@H](C)CCC[C@H]1NCCCSCC#N. The minimum atomic E-state index is 0.636. The highest BCUT2D eigenvalue weighted by Crippen LogP contribution is 2.29. The molecule has 0 bridgehead atoms. The Bertz CT molecular complexity index is 224. The Kier molecular flexibility index (Phi) is 6.91. The molecule has 1 fully saturated rings. The summed E-state index contributed by atoms with van der Waals surface area (Å²) >= 11 is 1.74. The molecule has 92 valence electrons. The van der Waals surface area contributed by atoms with Gasteiger partial charge >= 0.3 is 0 Å². The Morgan fingerprint density at radius 3 is 2.94 bits per heavy atom. The van der Waals surface area contributed by atoms with Crippen LogP contribution in [0.2, 0.25) is 0 Å². The van der Waals surface area contributed by atoms with Gasteiger partial charge < -0.3 is 5.32 Å². The molecule has 1 N–H and O–H groups in total. The molecular weight excluding hydrogens is 216 g/mol. The Morgan fingerprint density at radius 1 is 1.38 bits per heavy atom. The van der Waals surface area contributed by atoms with E-state index < -0.39 is 0 Å². The molecule has 1 rings (SSSR count). The molecule has 16 heavy (non-hydrogen) atoms. The first-order valence-electron chi connectivity index (χ1n) is 6.43. The molecule has 0 spiro atoms. The largest absolute Gasteiger partial charge is 0.314 e. The minimum absolute atomic E-state index is 0.636. The Hall–Kier alpha value is -0.200. The van der Waals surface area contributed by atoms with Crippen molar-refractivity contribution in [3.63, 3.8) is 0 Å². The maximum Gasteiger partial charge on any atom is 0.0808 e. The molecule has 1 aliphatic carbocycles. The highest BCUT2D eigenvalue weighted by atomic mass is 32.2. The molecular formula is C13H24N2S. The first-order valence-corrected chi connectivity index (χ1v) is 7.59. The third-order valence-corrected chi connectivity index (χ3v) is 4.66. The van der Waals surface area contributed by atoms with Crippen molar-refractivity contribution < 1.29 is 0 Å². The first kappa shape index (κ1) is 13.9. The van der Waals surface area contributed by atoms with E-state index in [9.17, 15) is 0 Å². The van der Waals surface area contributed by atoms with Crippen molar-refractivity contribution in [3.8, 4) is 6.07 Å². The van der Waals surface area contributed by atoms with Crippen molar-refractivity contribution in [3.05, 3.63) is 0 Å². The molecule has 3 atom stereocenters. The van der Waals surface area contributed by atoms with Gasteiger partial charge in [-0.05, 0) is 37.0 Å². The molecule has 0 aromatic heterocycles. The zero-order valence-corrected chi connectivity index (χ0v) is 11.4. The smallest absolute Gasteiger partial charge is 0.0808 e. The van der Waals surface area contributed by atoms with E-state index in [1.165, 1.54) is 25.7 Å². The zero-order valence-electron chi connectivity index (χ0n) is 10.5. The number of rotatable bonds is 6. The highest BCUT2D eigenvalue weighted by molar-refractivity contribution is 7.99. The zero-order chi connectivity index (χ0) is 11.8. The third-order valence-electron chi connectivity index (χ3n) is 3.75. The molecule has 0 saturated heterocycles. The number of thioether (sulfide) groups is 1. The van der Waals surface area contributed by atoms with Crippen molar-refractivity contribution in [2.75, 3.05) is 18.1 Å². The molecule has 2 nitrogen and oxygen atoms in total. The summed E-state index contributed by atoms with van der Waals surface area (Å²) < 4.78 is 0. The van der Waals surface area contributed by atoms with Crippen LogP contribution in [0.15, 0.2) is 0 Å². The van der Waals surface area contributed by atoms with Crippen LogP contribution in [0.3, 0.4) is 0 Å². The fraction of sp³-hybridized carbons (Fsp3) is 0.923. The van der Waals surface area contributed by atoms with Gasteiger partial charge in [0.2, 0.25) is 0 Å². The summed E-state index contributed by atoms with van der Waals surface area (Å²) in [6.07, 6.45) is 5.31. The summed E-state index contributed by atoms with van der Waals surface area (Å²) in [7, 11) is 0. The normalized spacial score (nSPS) is 29.9. The monoisotopic (exact) mass is 240 g/mol. The minimum Gasteiger partial charge on any atom is -0.314 e. The maximum absolute atomic E-state index is 8.40. The molecule has 0 aromatic rings. The van der Waals surface area contributed by atoms with E-state index in [4.69, 9.17) is 5.26 Å². The van der Waals surface area contributed by atoms with Crippen LogP contribution in [0.5, 0.6) is 0 Å². The van der Waals surface area contributed by atoms with Gasteiger partial charge in [-0.3, -0.25) is 0 Å². The van der Waals surface area contributed by atoms with Gasteiger partial charge in [-0.2, -0.15) is 5.26 Å². The Balaban J connectivity index is 2.06. The summed E-state index contributed by atoms with van der Waals surface area (Å²) in [5.41, 5.74) is 0. The molecule has 0 radical (unpaired) electrons. The van der Waals surface area contributed by atoms with E-state index in [0.29, 0.717) is 5.75 Å². The standard InChI is InChI=1S/C13H24N2S/c1-11-5-3-6-13(12(11)2)15-8-4-9-16-10-7-14/h11-13,15H,3-6,8-10H2,1-2H3/t11-,12+,13-/m1/s1. The summed E-state index contributed by atoms with van der Waals surface area (Å²) in [6, 6.07) is 2.89. The topological polar surface area (TPSA) is 35.8 Å². The second-order valence-corrected chi connectivity index (χ2v) is 6.00. The van der Waals surface area contributed by atoms with E-state index in [0.717, 1.165) is 30.2 Å². The Morgan fingerprint density at radius 2 is 2.19 bits per heavy atom. The van der Waals surface area contributed by atoms with Gasteiger partial charge in [-0.15, -0.1) is 11.8 Å². The van der Waals surface area contributed by atoms with E-state index in [1.807, 2.05) is 0 Å². The number of nitrogens with one attached hydrogen (secondary N) is 1. The lowest BCUT2D eigenvalue weighted by Crippen LogP contribution is -2.41. The summed E-state index contributed by atoms with van der Waals surface area (Å²) in [5, 5.41) is 12.1. The van der Waals surface area contributed by atoms with Crippen LogP contribution < -0.4 is 5.32 Å². The van der Waals surface area contributed by atoms with Crippen molar-refractivity contribution in [2.45, 2.75) is 45.6 Å². The molecule has 0 heterocycles. The molecule has 0 aliphatic heterocycles. The van der Waals surface area contributed by atoms with Gasteiger partial charge in [-0.25, -0.2) is 0 Å². The van der Waals surface area contributed by atoms with Gasteiger partial charge in [0.15, 0.2) is 0 Å². The van der Waals surface area contributed by atoms with Crippen LogP contribution >= 0.6 is 11.8 Å². The molecule has 1 saturated carbocycles. The van der Waals surface area contributed by atoms with Crippen molar-refractivity contribution in [1.29, 1.82) is 5.26 Å². The van der Waals surface area contributed by atoms with Crippen LogP contribution in [-0.2, 0) is 0 Å². The van der Waals surface area contributed by atoms with E-state index >= 15 is 0 Å². The lowest BCUT2D eigenvalue weighted by Gasteiger charge is -2.34. The second kappa shape index (κ2) is 7.97. The second-order valence-electron chi connectivity index (χ2n) is 4.89. The average Bonchev–Trinajstić information content (AvgIpc) is 2.29. The maximum atomic E-state index is 8.40. The molecule has 0 unspecified atom stereocenters. The number of nitriles is 1. The van der Waals surface area contributed by atoms with Crippen LogP contribution in [0.1, 0.15) is 39.5 Å². The first-order chi connectivity index (χ1) is 7.75. The fourth-order valence-corrected chi connectivity index (χ4v) is 3.03. The predicted molar refractivity (Wildman–Crippen MR) is 71.5 cm³/mol. The fourth-order valence-electron chi connectivity index (χ4n) is 2.45. The Labute approximate surface area is 104 Å². The van der Waals surface area contributed by atoms with E-state index in [2.05, 4.69) is 25.2 Å². The summed E-state index contributed by atoms with van der Waals surface area (Å²) in [6.45, 7) is 5.87. The lowest BCUT2D eigenvalue weighted by atomic mass is 9.78. The van der Waals surface area contributed by atoms with Crippen molar-refractivity contribution >= 4 is 11.8 Å². The van der Waals surface area contributed by atoms with Gasteiger partial charge in [0.25, 0.3) is 0 Å². The van der Waals surface area contributed by atoms with Crippen LogP contribution in [0, 0.1) is 23.2 Å². The van der Waals surface area contributed by atoms with Crippen molar-refractivity contribution in [1.82, 2.24) is 5.32 Å². The summed E-state index contributed by atoms with van der Waals surface area (Å²) in [5.74, 6) is 3.44. The third kappa shape index (κ3) is 4.76. The van der Waals surface area contributed by atoms with Gasteiger partial charge in [-0.1, -0.05) is 26.7 Å². The molecule has 0 amide bonds. The molecule has 0 aromatic carbocycles. The average molecular weight is 240 g/mol. The molecule has 1 aliphatic rings. The van der Waals surface area contributed by atoms with Crippen LogP contribution in [-0.4, -0.2) is 24.1 Å². The van der Waals surface area contributed by atoms with Crippen LogP contribution in [0.4, 0.5) is 0 Å².